The predicted molar refractivity (Wildman–Crippen MR) is 149 cm³/mol. The van der Waals surface area contributed by atoms with E-state index in [1.54, 1.807) is 18.2 Å². The minimum atomic E-state index is -0.499. The molecule has 3 aromatic carbocycles. The van der Waals surface area contributed by atoms with E-state index in [1.165, 1.54) is 12.1 Å². The Balaban J connectivity index is 1.33. The number of anilines is 1. The maximum atomic E-state index is 13.3. The second-order valence-corrected chi connectivity index (χ2v) is 10.4. The van der Waals surface area contributed by atoms with Gasteiger partial charge in [0.15, 0.2) is 0 Å². The van der Waals surface area contributed by atoms with E-state index in [9.17, 15) is 18.8 Å². The van der Waals surface area contributed by atoms with Gasteiger partial charge < -0.3 is 9.88 Å². The molecule has 3 amide bonds. The third-order valence-electron chi connectivity index (χ3n) is 6.41. The van der Waals surface area contributed by atoms with Crippen LogP contribution in [0.25, 0.3) is 17.0 Å². The minimum absolute atomic E-state index is 0.258. The number of carbonyl (C=O) groups is 3. The summed E-state index contributed by atoms with van der Waals surface area (Å²) in [7, 11) is 0. The van der Waals surface area contributed by atoms with Crippen LogP contribution < -0.4 is 5.32 Å². The second kappa shape index (κ2) is 10.7. The van der Waals surface area contributed by atoms with Gasteiger partial charge in [-0.3, -0.25) is 19.3 Å². The van der Waals surface area contributed by atoms with Crippen LogP contribution in [-0.4, -0.2) is 33.1 Å². The number of rotatable bonds is 7. The zero-order chi connectivity index (χ0) is 26.8. The number of para-hydroxylation sites is 1. The number of nitrogens with one attached hydrogen (secondary N) is 1. The van der Waals surface area contributed by atoms with E-state index in [0.29, 0.717) is 18.2 Å². The van der Waals surface area contributed by atoms with Crippen molar-refractivity contribution in [3.8, 4) is 0 Å². The fraction of sp³-hybridized carbons (Fsp3) is 0.167. The van der Waals surface area contributed by atoms with E-state index < -0.39 is 17.1 Å². The van der Waals surface area contributed by atoms with E-state index in [4.69, 9.17) is 0 Å². The largest absolute Gasteiger partial charge is 0.342 e. The zero-order valence-electron chi connectivity index (χ0n) is 21.0. The van der Waals surface area contributed by atoms with Crippen molar-refractivity contribution in [1.82, 2.24) is 9.47 Å². The summed E-state index contributed by atoms with van der Waals surface area (Å²) in [5.41, 5.74) is 4.42. The third-order valence-corrected chi connectivity index (χ3v) is 7.32. The quantitative estimate of drug-likeness (QED) is 0.274. The maximum Gasteiger partial charge on any atom is 0.294 e. The lowest BCUT2D eigenvalue weighted by molar-refractivity contribution is -0.127. The predicted octanol–water partition coefficient (Wildman–Crippen LogP) is 6.63. The summed E-state index contributed by atoms with van der Waals surface area (Å²) >= 11 is 0.821. The number of carbonyl (C=O) groups excluding carboxylic acids is 3. The molecule has 0 bridgehead atoms. The summed E-state index contributed by atoms with van der Waals surface area (Å²) in [6, 6.07) is 21.6. The smallest absolute Gasteiger partial charge is 0.294 e. The average Bonchev–Trinajstić information content (AvgIpc) is 3.37. The normalized spacial score (nSPS) is 14.7. The summed E-state index contributed by atoms with van der Waals surface area (Å²) in [6.07, 6.45) is 3.60. The molecule has 0 spiro atoms. The van der Waals surface area contributed by atoms with Gasteiger partial charge in [-0.25, -0.2) is 4.39 Å². The Labute approximate surface area is 224 Å². The highest BCUT2D eigenvalue weighted by molar-refractivity contribution is 8.18. The molecule has 1 aromatic heterocycles. The van der Waals surface area contributed by atoms with Gasteiger partial charge in [-0.2, -0.15) is 0 Å². The number of fused-ring (bicyclic) bond motifs is 1. The van der Waals surface area contributed by atoms with Gasteiger partial charge in [0.25, 0.3) is 11.1 Å². The number of imide groups is 1. The highest BCUT2D eigenvalue weighted by Crippen LogP contribution is 2.34. The van der Waals surface area contributed by atoms with Crippen molar-refractivity contribution in [2.24, 2.45) is 0 Å². The molecule has 0 aliphatic carbocycles. The highest BCUT2D eigenvalue weighted by atomic mass is 32.2. The molecular formula is C30H26FN3O3S. The zero-order valence-corrected chi connectivity index (χ0v) is 21.8. The Morgan fingerprint density at radius 3 is 2.42 bits per heavy atom. The number of amides is 3. The summed E-state index contributed by atoms with van der Waals surface area (Å²) in [5.74, 6) is -0.860. The van der Waals surface area contributed by atoms with E-state index in [2.05, 4.69) is 19.2 Å². The first-order valence-corrected chi connectivity index (χ1v) is 13.1. The van der Waals surface area contributed by atoms with E-state index in [0.717, 1.165) is 44.3 Å². The van der Waals surface area contributed by atoms with E-state index in [-0.39, 0.29) is 17.3 Å². The van der Waals surface area contributed by atoms with Crippen molar-refractivity contribution < 1.29 is 18.8 Å². The Morgan fingerprint density at radius 2 is 1.71 bits per heavy atom. The Kier molecular flexibility index (Phi) is 7.15. The van der Waals surface area contributed by atoms with Crippen LogP contribution in [0.1, 0.15) is 36.5 Å². The highest BCUT2D eigenvalue weighted by Gasteiger charge is 2.36. The fourth-order valence-electron chi connectivity index (χ4n) is 4.38. The summed E-state index contributed by atoms with van der Waals surface area (Å²) in [5, 5.41) is 3.19. The van der Waals surface area contributed by atoms with Crippen LogP contribution in [0.4, 0.5) is 14.9 Å². The SMILES string of the molecule is CC(C)c1ccc(NC(=O)CN2C(=O)S/C(=C\c3cn(Cc4ccc(F)cc4)c4ccccc34)C2=O)cc1. The first-order chi connectivity index (χ1) is 18.3. The van der Waals surface area contributed by atoms with Crippen LogP contribution >= 0.6 is 11.8 Å². The molecule has 8 heteroatoms. The molecule has 1 fully saturated rings. The molecule has 4 aromatic rings. The number of nitrogens with zero attached hydrogens (tertiary/aromatic N) is 2. The molecule has 1 saturated heterocycles. The average molecular weight is 528 g/mol. The van der Waals surface area contributed by atoms with Crippen LogP contribution in [0.2, 0.25) is 0 Å². The van der Waals surface area contributed by atoms with E-state index in [1.807, 2.05) is 59.3 Å². The van der Waals surface area contributed by atoms with Crippen molar-refractivity contribution >= 4 is 51.5 Å². The molecular weight excluding hydrogens is 501 g/mol. The van der Waals surface area contributed by atoms with E-state index >= 15 is 0 Å². The lowest BCUT2D eigenvalue weighted by atomic mass is 10.0. The summed E-state index contributed by atoms with van der Waals surface area (Å²) < 4.78 is 15.4. The standard InChI is InChI=1S/C30H26FN3O3S/c1-19(2)21-9-13-24(14-10-21)32-28(35)18-34-29(36)27(38-30(34)37)15-22-17-33(26-6-4-3-5-25(22)26)16-20-7-11-23(31)12-8-20/h3-15,17,19H,16,18H2,1-2H3,(H,32,35)/b27-15-. The number of hydrogen-bond acceptors (Lipinski definition) is 4. The lowest BCUT2D eigenvalue weighted by Gasteiger charge is -2.13. The molecule has 1 aliphatic rings. The van der Waals surface area contributed by atoms with Gasteiger partial charge in [0.2, 0.25) is 5.91 Å². The monoisotopic (exact) mass is 527 g/mol. The van der Waals surface area contributed by atoms with Gasteiger partial charge in [-0.15, -0.1) is 0 Å². The van der Waals surface area contributed by atoms with Crippen molar-refractivity contribution in [2.45, 2.75) is 26.3 Å². The fourth-order valence-corrected chi connectivity index (χ4v) is 5.21. The molecule has 0 atom stereocenters. The maximum absolute atomic E-state index is 13.3. The number of halogens is 1. The Bertz CT molecular complexity index is 1560. The third kappa shape index (κ3) is 5.40. The van der Waals surface area contributed by atoms with Gasteiger partial charge in [0.05, 0.1) is 4.91 Å². The lowest BCUT2D eigenvalue weighted by Crippen LogP contribution is -2.36. The molecule has 192 valence electrons. The number of aromatic nitrogens is 1. The van der Waals surface area contributed by atoms with Gasteiger partial charge in [-0.05, 0) is 65.2 Å². The molecule has 1 N–H and O–H groups in total. The van der Waals surface area contributed by atoms with Crippen LogP contribution in [0, 0.1) is 5.82 Å². The van der Waals surface area contributed by atoms with Gasteiger partial charge >= 0.3 is 0 Å². The van der Waals surface area contributed by atoms with Crippen LogP contribution in [0.15, 0.2) is 83.9 Å². The minimum Gasteiger partial charge on any atom is -0.342 e. The number of hydrogen-bond donors (Lipinski definition) is 1. The molecule has 6 nitrogen and oxygen atoms in total. The molecule has 0 radical (unpaired) electrons. The van der Waals surface area contributed by atoms with Crippen LogP contribution in [0.3, 0.4) is 0 Å². The number of thioether (sulfide) groups is 1. The van der Waals surface area contributed by atoms with Gasteiger partial charge in [-0.1, -0.05) is 56.3 Å². The molecule has 0 unspecified atom stereocenters. The van der Waals surface area contributed by atoms with Gasteiger partial charge in [0, 0.05) is 34.9 Å². The molecule has 2 heterocycles. The molecule has 38 heavy (non-hydrogen) atoms. The Hall–Kier alpha value is -4.17. The molecule has 1 aliphatic heterocycles. The topological polar surface area (TPSA) is 71.4 Å². The van der Waals surface area contributed by atoms with Crippen molar-refractivity contribution in [1.29, 1.82) is 0 Å². The number of benzene rings is 3. The van der Waals surface area contributed by atoms with Crippen molar-refractivity contribution in [3.63, 3.8) is 0 Å². The second-order valence-electron chi connectivity index (χ2n) is 9.45. The molecule has 5 rings (SSSR count). The Morgan fingerprint density at radius 1 is 1.00 bits per heavy atom. The van der Waals surface area contributed by atoms with Crippen LogP contribution in [-0.2, 0) is 16.1 Å². The van der Waals surface area contributed by atoms with Crippen molar-refractivity contribution in [3.05, 3.63) is 106 Å². The first-order valence-electron chi connectivity index (χ1n) is 12.3. The summed E-state index contributed by atoms with van der Waals surface area (Å²) in [4.78, 5) is 39.6. The first kappa shape index (κ1) is 25.5. The van der Waals surface area contributed by atoms with Crippen LogP contribution in [0.5, 0.6) is 0 Å². The van der Waals surface area contributed by atoms with Gasteiger partial charge in [0.1, 0.15) is 12.4 Å². The summed E-state index contributed by atoms with van der Waals surface area (Å²) in [6.45, 7) is 4.34. The molecule has 0 saturated carbocycles. The van der Waals surface area contributed by atoms with Crippen molar-refractivity contribution in [2.75, 3.05) is 11.9 Å².